The van der Waals surface area contributed by atoms with Crippen molar-refractivity contribution in [2.75, 3.05) is 13.1 Å². The summed E-state index contributed by atoms with van der Waals surface area (Å²) in [4.78, 5) is 13.1. The van der Waals surface area contributed by atoms with Gasteiger partial charge in [0.05, 0.1) is 6.54 Å². The van der Waals surface area contributed by atoms with Gasteiger partial charge in [-0.05, 0) is 24.5 Å². The Labute approximate surface area is 161 Å². The zero-order chi connectivity index (χ0) is 16.3. The van der Waals surface area contributed by atoms with Crippen LogP contribution in [-0.4, -0.2) is 33.6 Å². The average Bonchev–Trinajstić information content (AvgIpc) is 3.12. The Balaban J connectivity index is 0.00000288. The van der Waals surface area contributed by atoms with Gasteiger partial charge in [-0.25, -0.2) is 15.0 Å². The Bertz CT molecular complexity index is 580. The van der Waals surface area contributed by atoms with Crippen molar-refractivity contribution in [2.45, 2.75) is 39.7 Å². The molecule has 0 bridgehead atoms. The number of aliphatic imine (C=N–C) groups is 1. The van der Waals surface area contributed by atoms with Gasteiger partial charge in [0.2, 0.25) is 0 Å². The number of nitrogens with one attached hydrogen (secondary N) is 2. The number of aromatic nitrogens is 3. The molecule has 6 nitrogen and oxygen atoms in total. The van der Waals surface area contributed by atoms with Crippen LogP contribution >= 0.6 is 24.0 Å². The Morgan fingerprint density at radius 1 is 1.17 bits per heavy atom. The van der Waals surface area contributed by atoms with E-state index in [-0.39, 0.29) is 24.0 Å². The van der Waals surface area contributed by atoms with Gasteiger partial charge in [0.15, 0.2) is 5.96 Å². The van der Waals surface area contributed by atoms with E-state index in [1.54, 1.807) is 12.5 Å². The number of imidazole rings is 1. The molecule has 0 aliphatic carbocycles. The van der Waals surface area contributed by atoms with Crippen molar-refractivity contribution in [3.05, 3.63) is 42.6 Å². The lowest BCUT2D eigenvalue weighted by Crippen LogP contribution is -2.38. The van der Waals surface area contributed by atoms with Gasteiger partial charge in [0.1, 0.15) is 12.1 Å². The van der Waals surface area contributed by atoms with Crippen molar-refractivity contribution >= 4 is 29.9 Å². The highest BCUT2D eigenvalue weighted by Crippen LogP contribution is 2.06. The highest BCUT2D eigenvalue weighted by molar-refractivity contribution is 14.0. The predicted octanol–water partition coefficient (Wildman–Crippen LogP) is 3.13. The van der Waals surface area contributed by atoms with Gasteiger partial charge in [0, 0.05) is 31.7 Å². The van der Waals surface area contributed by atoms with Crippen LogP contribution in [0.1, 0.15) is 38.7 Å². The van der Waals surface area contributed by atoms with Crippen LogP contribution in [0.25, 0.3) is 5.82 Å². The quantitative estimate of drug-likeness (QED) is 0.285. The van der Waals surface area contributed by atoms with Crippen LogP contribution in [0, 0.1) is 0 Å². The third-order valence-corrected chi connectivity index (χ3v) is 3.36. The summed E-state index contributed by atoms with van der Waals surface area (Å²) in [5.41, 5.74) is 1.09. The van der Waals surface area contributed by atoms with Gasteiger partial charge in [-0.2, -0.15) is 0 Å². The van der Waals surface area contributed by atoms with Crippen LogP contribution in [-0.2, 0) is 6.54 Å². The average molecular weight is 442 g/mol. The second kappa shape index (κ2) is 11.8. The van der Waals surface area contributed by atoms with Crippen LogP contribution in [0.2, 0.25) is 0 Å². The highest BCUT2D eigenvalue weighted by atomic mass is 127. The molecule has 132 valence electrons. The smallest absolute Gasteiger partial charge is 0.191 e. The summed E-state index contributed by atoms with van der Waals surface area (Å²) in [5, 5.41) is 6.70. The summed E-state index contributed by atoms with van der Waals surface area (Å²) in [6, 6.07) is 4.03. The summed E-state index contributed by atoms with van der Waals surface area (Å²) in [5.74, 6) is 1.74. The van der Waals surface area contributed by atoms with Crippen LogP contribution < -0.4 is 10.6 Å². The van der Waals surface area contributed by atoms with Crippen molar-refractivity contribution in [1.29, 1.82) is 0 Å². The second-order valence-electron chi connectivity index (χ2n) is 5.37. The van der Waals surface area contributed by atoms with Gasteiger partial charge >= 0.3 is 0 Å². The number of hydrogen-bond acceptors (Lipinski definition) is 3. The van der Waals surface area contributed by atoms with Crippen molar-refractivity contribution < 1.29 is 0 Å². The number of unbranched alkanes of at least 4 members (excludes halogenated alkanes) is 1. The molecule has 2 aromatic rings. The standard InChI is InChI=1S/C17H26N6.HI/c1-3-5-9-20-17(19-8-4-2)22-13-15-6-7-16(21-12-15)23-11-10-18-14-23;/h6-7,10-12,14H,3-5,8-9,13H2,1-2H3,(H2,19,20,22);1H. The number of halogens is 1. The Kier molecular flexibility index (Phi) is 10.1. The maximum absolute atomic E-state index is 4.63. The molecule has 0 unspecified atom stereocenters. The van der Waals surface area contributed by atoms with Gasteiger partial charge in [-0.1, -0.05) is 26.3 Å². The summed E-state index contributed by atoms with van der Waals surface area (Å²) < 4.78 is 1.88. The summed E-state index contributed by atoms with van der Waals surface area (Å²) in [7, 11) is 0. The normalized spacial score (nSPS) is 11.0. The number of hydrogen-bond donors (Lipinski definition) is 2. The minimum atomic E-state index is 0. The van der Waals surface area contributed by atoms with E-state index in [4.69, 9.17) is 0 Å². The zero-order valence-corrected chi connectivity index (χ0v) is 16.7. The van der Waals surface area contributed by atoms with Crippen molar-refractivity contribution in [2.24, 2.45) is 4.99 Å². The van der Waals surface area contributed by atoms with Crippen LogP contribution in [0.5, 0.6) is 0 Å². The first-order chi connectivity index (χ1) is 11.3. The number of guanidine groups is 1. The van der Waals surface area contributed by atoms with Crippen molar-refractivity contribution in [1.82, 2.24) is 25.2 Å². The molecule has 0 spiro atoms. The fourth-order valence-corrected chi connectivity index (χ4v) is 2.03. The van der Waals surface area contributed by atoms with E-state index < -0.39 is 0 Å². The summed E-state index contributed by atoms with van der Waals surface area (Å²) in [6.45, 7) is 6.82. The molecule has 2 rings (SSSR count). The van der Waals surface area contributed by atoms with Crippen LogP contribution in [0.15, 0.2) is 42.0 Å². The molecule has 0 atom stereocenters. The van der Waals surface area contributed by atoms with Gasteiger partial charge in [-0.3, -0.25) is 4.57 Å². The molecule has 0 saturated heterocycles. The molecule has 2 heterocycles. The first-order valence-electron chi connectivity index (χ1n) is 8.29. The number of nitrogens with zero attached hydrogens (tertiary/aromatic N) is 4. The summed E-state index contributed by atoms with van der Waals surface area (Å²) >= 11 is 0. The number of pyridine rings is 1. The second-order valence-corrected chi connectivity index (χ2v) is 5.37. The van der Waals surface area contributed by atoms with E-state index in [1.807, 2.05) is 23.0 Å². The molecule has 2 aromatic heterocycles. The molecule has 0 aliphatic heterocycles. The minimum absolute atomic E-state index is 0. The van der Waals surface area contributed by atoms with E-state index in [1.165, 1.54) is 6.42 Å². The molecular formula is C17H27IN6. The van der Waals surface area contributed by atoms with E-state index in [0.29, 0.717) is 6.54 Å². The molecule has 0 aliphatic rings. The number of rotatable bonds is 8. The molecule has 7 heteroatoms. The zero-order valence-electron chi connectivity index (χ0n) is 14.4. The first kappa shape index (κ1) is 20.4. The lowest BCUT2D eigenvalue weighted by Gasteiger charge is -2.11. The lowest BCUT2D eigenvalue weighted by molar-refractivity contribution is 0.719. The molecule has 24 heavy (non-hydrogen) atoms. The molecule has 2 N–H and O–H groups in total. The van der Waals surface area contributed by atoms with E-state index in [2.05, 4.69) is 45.5 Å². The summed E-state index contributed by atoms with van der Waals surface area (Å²) in [6.07, 6.45) is 10.6. The lowest BCUT2D eigenvalue weighted by atomic mass is 10.3. The third-order valence-electron chi connectivity index (χ3n) is 3.36. The fourth-order valence-electron chi connectivity index (χ4n) is 2.03. The van der Waals surface area contributed by atoms with Gasteiger partial charge in [0.25, 0.3) is 0 Å². The molecule has 0 fully saturated rings. The van der Waals surface area contributed by atoms with Gasteiger partial charge < -0.3 is 10.6 Å². The van der Waals surface area contributed by atoms with Gasteiger partial charge in [-0.15, -0.1) is 24.0 Å². The van der Waals surface area contributed by atoms with E-state index in [9.17, 15) is 0 Å². The topological polar surface area (TPSA) is 67.1 Å². The monoisotopic (exact) mass is 442 g/mol. The fraction of sp³-hybridized carbons (Fsp3) is 0.471. The van der Waals surface area contributed by atoms with Crippen LogP contribution in [0.3, 0.4) is 0 Å². The molecule has 0 amide bonds. The first-order valence-corrected chi connectivity index (χ1v) is 8.29. The molecule has 0 aromatic carbocycles. The largest absolute Gasteiger partial charge is 0.356 e. The minimum Gasteiger partial charge on any atom is -0.356 e. The van der Waals surface area contributed by atoms with Crippen LogP contribution in [0.4, 0.5) is 0 Å². The Morgan fingerprint density at radius 3 is 2.62 bits per heavy atom. The SMILES string of the molecule is CCCCNC(=NCc1ccc(-n2ccnc2)nc1)NCCC.I. The van der Waals surface area contributed by atoms with Crippen molar-refractivity contribution in [3.63, 3.8) is 0 Å². The van der Waals surface area contributed by atoms with Crippen molar-refractivity contribution in [3.8, 4) is 5.82 Å². The highest BCUT2D eigenvalue weighted by Gasteiger charge is 2.00. The molecule has 0 saturated carbocycles. The molecular weight excluding hydrogens is 415 g/mol. The van der Waals surface area contributed by atoms with E-state index in [0.717, 1.165) is 43.3 Å². The van der Waals surface area contributed by atoms with E-state index >= 15 is 0 Å². The maximum atomic E-state index is 4.63. The predicted molar refractivity (Wildman–Crippen MR) is 109 cm³/mol. The Hall–Kier alpha value is -1.64. The Morgan fingerprint density at radius 2 is 2.00 bits per heavy atom. The molecule has 0 radical (unpaired) electrons. The maximum Gasteiger partial charge on any atom is 0.191 e. The third kappa shape index (κ3) is 6.86.